The number of aryl methyl sites for hydroxylation is 1. The van der Waals surface area contributed by atoms with Gasteiger partial charge in [0, 0.05) is 20.9 Å². The zero-order valence-electron chi connectivity index (χ0n) is 10.3. The molecule has 0 saturated heterocycles. The van der Waals surface area contributed by atoms with Crippen molar-refractivity contribution in [1.29, 1.82) is 0 Å². The van der Waals surface area contributed by atoms with E-state index in [-0.39, 0.29) is 0 Å². The molecule has 0 spiro atoms. The van der Waals surface area contributed by atoms with Crippen molar-refractivity contribution in [3.05, 3.63) is 67.6 Å². The summed E-state index contributed by atoms with van der Waals surface area (Å²) in [5, 5.41) is 11.6. The highest BCUT2D eigenvalue weighted by molar-refractivity contribution is 9.10. The number of hydrogen-bond donors (Lipinski definition) is 1. The Balaban J connectivity index is 2.25. The Labute approximate surface area is 131 Å². The fourth-order valence-electron chi connectivity index (χ4n) is 1.91. The molecule has 0 aromatic heterocycles. The molecule has 0 heterocycles. The predicted molar refractivity (Wildman–Crippen MR) is 84.0 cm³/mol. The summed E-state index contributed by atoms with van der Waals surface area (Å²) in [4.78, 5) is 0. The summed E-state index contributed by atoms with van der Waals surface area (Å²) in [5.41, 5.74) is 2.79. The highest BCUT2D eigenvalue weighted by Crippen LogP contribution is 2.30. The van der Waals surface area contributed by atoms with E-state index in [0.717, 1.165) is 21.2 Å². The average Bonchev–Trinajstić information content (AvgIpc) is 2.35. The number of benzene rings is 2. The molecule has 0 saturated carbocycles. The van der Waals surface area contributed by atoms with Crippen LogP contribution in [0.15, 0.2) is 40.9 Å². The Hall–Kier alpha value is -0.540. The van der Waals surface area contributed by atoms with Gasteiger partial charge in [0.2, 0.25) is 0 Å². The molecular formula is C15H13BrCl2O. The average molecular weight is 360 g/mol. The first-order chi connectivity index (χ1) is 8.97. The zero-order valence-corrected chi connectivity index (χ0v) is 13.4. The Morgan fingerprint density at radius 2 is 1.89 bits per heavy atom. The molecule has 2 rings (SSSR count). The van der Waals surface area contributed by atoms with Gasteiger partial charge in [0.15, 0.2) is 0 Å². The van der Waals surface area contributed by atoms with Crippen LogP contribution in [0.2, 0.25) is 10.0 Å². The Morgan fingerprint density at radius 1 is 1.16 bits per heavy atom. The van der Waals surface area contributed by atoms with Crippen LogP contribution in [0.4, 0.5) is 0 Å². The van der Waals surface area contributed by atoms with Crippen molar-refractivity contribution in [2.24, 2.45) is 0 Å². The lowest BCUT2D eigenvalue weighted by atomic mass is 10.0. The van der Waals surface area contributed by atoms with E-state index in [1.807, 2.05) is 31.2 Å². The van der Waals surface area contributed by atoms with Crippen LogP contribution in [0.1, 0.15) is 22.8 Å². The van der Waals surface area contributed by atoms with E-state index in [2.05, 4.69) is 15.9 Å². The minimum atomic E-state index is -0.645. The molecule has 4 heteroatoms. The lowest BCUT2D eigenvalue weighted by molar-refractivity contribution is 0.177. The summed E-state index contributed by atoms with van der Waals surface area (Å²) in [6.45, 7) is 1.99. The van der Waals surface area contributed by atoms with Gasteiger partial charge in [0.05, 0.1) is 6.10 Å². The normalized spacial score (nSPS) is 12.5. The number of rotatable bonds is 3. The van der Waals surface area contributed by atoms with Gasteiger partial charge < -0.3 is 5.11 Å². The smallest absolute Gasteiger partial charge is 0.0842 e. The number of hydrogen-bond acceptors (Lipinski definition) is 1. The van der Waals surface area contributed by atoms with Crippen LogP contribution in [0, 0.1) is 6.92 Å². The van der Waals surface area contributed by atoms with Crippen molar-refractivity contribution in [2.45, 2.75) is 19.4 Å². The maximum Gasteiger partial charge on any atom is 0.0842 e. The molecule has 1 N–H and O–H groups in total. The van der Waals surface area contributed by atoms with Crippen molar-refractivity contribution in [3.8, 4) is 0 Å². The van der Waals surface area contributed by atoms with Crippen molar-refractivity contribution in [1.82, 2.24) is 0 Å². The second-order valence-corrected chi connectivity index (χ2v) is 6.18. The molecule has 0 aliphatic heterocycles. The second-order valence-electron chi connectivity index (χ2n) is 4.48. The summed E-state index contributed by atoms with van der Waals surface area (Å²) >= 11 is 15.6. The fraction of sp³-hybridized carbons (Fsp3) is 0.200. The zero-order chi connectivity index (χ0) is 14.0. The van der Waals surface area contributed by atoms with Gasteiger partial charge in [-0.1, -0.05) is 51.3 Å². The monoisotopic (exact) mass is 358 g/mol. The maximum absolute atomic E-state index is 10.3. The topological polar surface area (TPSA) is 20.2 Å². The minimum absolute atomic E-state index is 0.456. The fourth-order valence-corrected chi connectivity index (χ4v) is 2.91. The molecule has 0 radical (unpaired) electrons. The first-order valence-electron chi connectivity index (χ1n) is 5.85. The third-order valence-corrected chi connectivity index (χ3v) is 4.25. The van der Waals surface area contributed by atoms with Gasteiger partial charge in [0.1, 0.15) is 0 Å². The van der Waals surface area contributed by atoms with E-state index < -0.39 is 6.10 Å². The third-order valence-electron chi connectivity index (χ3n) is 2.94. The molecular weight excluding hydrogens is 347 g/mol. The van der Waals surface area contributed by atoms with Crippen LogP contribution < -0.4 is 0 Å². The van der Waals surface area contributed by atoms with Gasteiger partial charge in [-0.2, -0.15) is 0 Å². The molecule has 1 unspecified atom stereocenters. The second kappa shape index (κ2) is 6.27. The standard InChI is InChI=1S/C15H13BrCl2O/c1-9-2-3-10(14(18)6-9)7-15(19)12-8-11(17)4-5-13(12)16/h2-6,8,15,19H,7H2,1H3. The number of aliphatic hydroxyl groups excluding tert-OH is 1. The molecule has 100 valence electrons. The summed E-state index contributed by atoms with van der Waals surface area (Å²) in [5.74, 6) is 0. The summed E-state index contributed by atoms with van der Waals surface area (Å²) in [6, 6.07) is 11.2. The van der Waals surface area contributed by atoms with E-state index in [9.17, 15) is 5.11 Å². The molecule has 0 aliphatic carbocycles. The Bertz CT molecular complexity index is 599. The van der Waals surface area contributed by atoms with Crippen LogP contribution in [-0.4, -0.2) is 5.11 Å². The number of halogens is 3. The van der Waals surface area contributed by atoms with E-state index in [0.29, 0.717) is 16.5 Å². The lowest BCUT2D eigenvalue weighted by Crippen LogP contribution is -2.03. The molecule has 2 aromatic carbocycles. The SMILES string of the molecule is Cc1ccc(CC(O)c2cc(Cl)ccc2Br)c(Cl)c1. The van der Waals surface area contributed by atoms with E-state index >= 15 is 0 Å². The van der Waals surface area contributed by atoms with E-state index in [4.69, 9.17) is 23.2 Å². The molecule has 0 aliphatic rings. The Kier molecular flexibility index (Phi) is 4.91. The molecule has 19 heavy (non-hydrogen) atoms. The highest BCUT2D eigenvalue weighted by Gasteiger charge is 2.14. The van der Waals surface area contributed by atoms with Crippen LogP contribution in [0.25, 0.3) is 0 Å². The molecule has 1 nitrogen and oxygen atoms in total. The van der Waals surface area contributed by atoms with Crippen molar-refractivity contribution >= 4 is 39.1 Å². The van der Waals surface area contributed by atoms with Crippen LogP contribution in [0.3, 0.4) is 0 Å². The van der Waals surface area contributed by atoms with Gasteiger partial charge in [-0.25, -0.2) is 0 Å². The maximum atomic E-state index is 10.3. The van der Waals surface area contributed by atoms with Crippen molar-refractivity contribution in [2.75, 3.05) is 0 Å². The first-order valence-corrected chi connectivity index (χ1v) is 7.40. The third kappa shape index (κ3) is 3.73. The summed E-state index contributed by atoms with van der Waals surface area (Å²) in [7, 11) is 0. The molecule has 0 amide bonds. The first kappa shape index (κ1) is 14.9. The van der Waals surface area contributed by atoms with Crippen LogP contribution in [-0.2, 0) is 6.42 Å². The lowest BCUT2D eigenvalue weighted by Gasteiger charge is -2.14. The molecule has 0 fully saturated rings. The molecule has 2 aromatic rings. The summed E-state index contributed by atoms with van der Waals surface area (Å²) < 4.78 is 0.840. The quantitative estimate of drug-likeness (QED) is 0.784. The van der Waals surface area contributed by atoms with Gasteiger partial charge in [-0.15, -0.1) is 0 Å². The van der Waals surface area contributed by atoms with Crippen molar-refractivity contribution in [3.63, 3.8) is 0 Å². The molecule has 1 atom stereocenters. The van der Waals surface area contributed by atoms with Gasteiger partial charge in [0.25, 0.3) is 0 Å². The summed E-state index contributed by atoms with van der Waals surface area (Å²) in [6.07, 6.45) is -0.189. The minimum Gasteiger partial charge on any atom is -0.388 e. The largest absolute Gasteiger partial charge is 0.388 e. The van der Waals surface area contributed by atoms with E-state index in [1.54, 1.807) is 12.1 Å². The highest BCUT2D eigenvalue weighted by atomic mass is 79.9. The molecule has 0 bridgehead atoms. The van der Waals surface area contributed by atoms with Gasteiger partial charge >= 0.3 is 0 Å². The van der Waals surface area contributed by atoms with Gasteiger partial charge in [-0.3, -0.25) is 0 Å². The van der Waals surface area contributed by atoms with Crippen molar-refractivity contribution < 1.29 is 5.11 Å². The number of aliphatic hydroxyl groups is 1. The van der Waals surface area contributed by atoms with E-state index in [1.165, 1.54) is 0 Å². The Morgan fingerprint density at radius 3 is 2.58 bits per heavy atom. The van der Waals surface area contributed by atoms with Crippen LogP contribution in [0.5, 0.6) is 0 Å². The van der Waals surface area contributed by atoms with Gasteiger partial charge in [-0.05, 0) is 47.9 Å². The van der Waals surface area contributed by atoms with Crippen LogP contribution >= 0.6 is 39.1 Å². The predicted octanol–water partition coefficient (Wildman–Crippen LogP) is 5.34.